The highest BCUT2D eigenvalue weighted by molar-refractivity contribution is 5.16. The molecule has 0 aromatic heterocycles. The van der Waals surface area contributed by atoms with Gasteiger partial charge in [0.2, 0.25) is 0 Å². The third-order valence-corrected chi connectivity index (χ3v) is 2.41. The van der Waals surface area contributed by atoms with Crippen LogP contribution in [0.25, 0.3) is 0 Å². The molecule has 0 saturated heterocycles. The monoisotopic (exact) mass is 242 g/mol. The maximum atomic E-state index is 12.7. The van der Waals surface area contributed by atoms with Crippen LogP contribution in [0.1, 0.15) is 12.0 Å². The van der Waals surface area contributed by atoms with Crippen molar-refractivity contribution in [1.82, 2.24) is 0 Å². The third kappa shape index (κ3) is 6.36. The van der Waals surface area contributed by atoms with Gasteiger partial charge in [-0.05, 0) is 30.5 Å². The van der Waals surface area contributed by atoms with Gasteiger partial charge in [0.05, 0.1) is 19.3 Å². The van der Waals surface area contributed by atoms with Gasteiger partial charge >= 0.3 is 0 Å². The number of hydrogen-bond donors (Lipinski definition) is 1. The van der Waals surface area contributed by atoms with E-state index in [1.807, 2.05) is 0 Å². The van der Waals surface area contributed by atoms with Crippen LogP contribution in [-0.4, -0.2) is 38.1 Å². The molecule has 0 aliphatic rings. The van der Waals surface area contributed by atoms with Crippen LogP contribution in [0.5, 0.6) is 0 Å². The van der Waals surface area contributed by atoms with E-state index in [2.05, 4.69) is 0 Å². The van der Waals surface area contributed by atoms with Crippen LogP contribution in [0, 0.1) is 5.82 Å². The van der Waals surface area contributed by atoms with Gasteiger partial charge in [-0.1, -0.05) is 12.1 Å². The molecule has 4 heteroatoms. The van der Waals surface area contributed by atoms with Crippen molar-refractivity contribution in [3.8, 4) is 0 Å². The Kier molecular flexibility index (Phi) is 6.77. The predicted molar refractivity (Wildman–Crippen MR) is 63.4 cm³/mol. The number of hydrogen-bond acceptors (Lipinski definition) is 3. The average molecular weight is 242 g/mol. The molecule has 1 atom stereocenters. The van der Waals surface area contributed by atoms with Crippen molar-refractivity contribution in [2.45, 2.75) is 18.9 Å². The van der Waals surface area contributed by atoms with Crippen molar-refractivity contribution < 1.29 is 19.0 Å². The molecule has 3 nitrogen and oxygen atoms in total. The van der Waals surface area contributed by atoms with E-state index < -0.39 is 6.10 Å². The molecule has 96 valence electrons. The van der Waals surface area contributed by atoms with Crippen LogP contribution in [0.15, 0.2) is 24.3 Å². The molecule has 1 N–H and O–H groups in total. The molecule has 0 aliphatic carbocycles. The maximum absolute atomic E-state index is 12.7. The number of rotatable bonds is 8. The lowest BCUT2D eigenvalue weighted by atomic mass is 10.1. The van der Waals surface area contributed by atoms with Gasteiger partial charge in [-0.15, -0.1) is 0 Å². The van der Waals surface area contributed by atoms with E-state index in [4.69, 9.17) is 9.47 Å². The number of methoxy groups -OCH3 is 1. The standard InChI is InChI=1S/C13H19FO3/c1-16-8-9-17-7-6-13(15)10-11-2-4-12(14)5-3-11/h2-5,13,15H,6-10H2,1H3. The Morgan fingerprint density at radius 3 is 2.53 bits per heavy atom. The first kappa shape index (κ1) is 14.1. The normalized spacial score (nSPS) is 12.6. The van der Waals surface area contributed by atoms with Crippen LogP contribution in [0.3, 0.4) is 0 Å². The SMILES string of the molecule is COCCOCCC(O)Cc1ccc(F)cc1. The zero-order valence-electron chi connectivity index (χ0n) is 10.1. The van der Waals surface area contributed by atoms with Gasteiger partial charge in [0.25, 0.3) is 0 Å². The molecule has 1 aromatic carbocycles. The molecular weight excluding hydrogens is 223 g/mol. The molecule has 17 heavy (non-hydrogen) atoms. The largest absolute Gasteiger partial charge is 0.393 e. The number of ether oxygens (including phenoxy) is 2. The minimum atomic E-state index is -0.456. The van der Waals surface area contributed by atoms with E-state index in [-0.39, 0.29) is 5.82 Å². The summed E-state index contributed by atoms with van der Waals surface area (Å²) in [7, 11) is 1.62. The van der Waals surface area contributed by atoms with Crippen molar-refractivity contribution in [2.75, 3.05) is 26.9 Å². The fourth-order valence-corrected chi connectivity index (χ4v) is 1.46. The lowest BCUT2D eigenvalue weighted by molar-refractivity contribution is 0.0479. The van der Waals surface area contributed by atoms with Crippen molar-refractivity contribution in [3.05, 3.63) is 35.6 Å². The summed E-state index contributed by atoms with van der Waals surface area (Å²) >= 11 is 0. The van der Waals surface area contributed by atoms with Crippen LogP contribution >= 0.6 is 0 Å². The van der Waals surface area contributed by atoms with Crippen LogP contribution < -0.4 is 0 Å². The van der Waals surface area contributed by atoms with Crippen molar-refractivity contribution in [2.24, 2.45) is 0 Å². The lowest BCUT2D eigenvalue weighted by Crippen LogP contribution is -2.14. The summed E-state index contributed by atoms with van der Waals surface area (Å²) in [6.07, 6.45) is 0.637. The number of aliphatic hydroxyl groups excluding tert-OH is 1. The maximum Gasteiger partial charge on any atom is 0.123 e. The first-order valence-corrected chi connectivity index (χ1v) is 5.71. The minimum Gasteiger partial charge on any atom is -0.393 e. The molecule has 1 unspecified atom stereocenters. The summed E-state index contributed by atoms with van der Waals surface area (Å²) in [4.78, 5) is 0. The van der Waals surface area contributed by atoms with Crippen molar-refractivity contribution >= 4 is 0 Å². The molecule has 1 rings (SSSR count). The summed E-state index contributed by atoms with van der Waals surface area (Å²) in [6.45, 7) is 1.61. The first-order chi connectivity index (χ1) is 8.22. The first-order valence-electron chi connectivity index (χ1n) is 5.71. The topological polar surface area (TPSA) is 38.7 Å². The van der Waals surface area contributed by atoms with Crippen molar-refractivity contribution in [1.29, 1.82) is 0 Å². The summed E-state index contributed by atoms with van der Waals surface area (Å²) in [6, 6.07) is 6.17. The Bertz CT molecular complexity index is 300. The molecule has 0 spiro atoms. The molecule has 0 amide bonds. The highest BCUT2D eigenvalue weighted by atomic mass is 19.1. The van der Waals surface area contributed by atoms with Gasteiger partial charge in [0.1, 0.15) is 5.82 Å². The van der Waals surface area contributed by atoms with Crippen LogP contribution in [0.2, 0.25) is 0 Å². The van der Waals surface area contributed by atoms with Gasteiger partial charge in [-0.3, -0.25) is 0 Å². The van der Waals surface area contributed by atoms with E-state index in [0.717, 1.165) is 5.56 Å². The van der Waals surface area contributed by atoms with E-state index in [9.17, 15) is 9.50 Å². The zero-order chi connectivity index (χ0) is 12.5. The van der Waals surface area contributed by atoms with Gasteiger partial charge < -0.3 is 14.6 Å². The summed E-state index contributed by atoms with van der Waals surface area (Å²) in [5.41, 5.74) is 0.927. The van der Waals surface area contributed by atoms with Gasteiger partial charge in [0, 0.05) is 13.7 Å². The smallest absolute Gasteiger partial charge is 0.123 e. The highest BCUT2D eigenvalue weighted by Crippen LogP contribution is 2.07. The van der Waals surface area contributed by atoms with Gasteiger partial charge in [-0.25, -0.2) is 4.39 Å². The number of benzene rings is 1. The molecule has 0 saturated carbocycles. The Balaban J connectivity index is 2.16. The zero-order valence-corrected chi connectivity index (χ0v) is 10.1. The average Bonchev–Trinajstić information content (AvgIpc) is 2.32. The fraction of sp³-hybridized carbons (Fsp3) is 0.538. The lowest BCUT2D eigenvalue weighted by Gasteiger charge is -2.10. The molecule has 0 radical (unpaired) electrons. The van der Waals surface area contributed by atoms with Crippen LogP contribution in [0.4, 0.5) is 4.39 Å². The van der Waals surface area contributed by atoms with Crippen molar-refractivity contribution in [3.63, 3.8) is 0 Å². The fourth-order valence-electron chi connectivity index (χ4n) is 1.46. The second-order valence-corrected chi connectivity index (χ2v) is 3.88. The molecule has 0 heterocycles. The Labute approximate surface area is 101 Å². The predicted octanol–water partition coefficient (Wildman–Crippen LogP) is 1.78. The van der Waals surface area contributed by atoms with E-state index in [0.29, 0.717) is 32.7 Å². The number of aliphatic hydroxyl groups is 1. The van der Waals surface area contributed by atoms with Gasteiger partial charge in [0.15, 0.2) is 0 Å². The van der Waals surface area contributed by atoms with Gasteiger partial charge in [-0.2, -0.15) is 0 Å². The Morgan fingerprint density at radius 2 is 1.88 bits per heavy atom. The molecule has 0 bridgehead atoms. The summed E-state index contributed by atoms with van der Waals surface area (Å²) in [5, 5.41) is 9.72. The van der Waals surface area contributed by atoms with E-state index in [1.54, 1.807) is 19.2 Å². The molecule has 0 fully saturated rings. The third-order valence-electron chi connectivity index (χ3n) is 2.41. The molecule has 1 aromatic rings. The van der Waals surface area contributed by atoms with Crippen LogP contribution in [-0.2, 0) is 15.9 Å². The highest BCUT2D eigenvalue weighted by Gasteiger charge is 2.05. The second kappa shape index (κ2) is 8.17. The Hall–Kier alpha value is -0.970. The quantitative estimate of drug-likeness (QED) is 0.706. The second-order valence-electron chi connectivity index (χ2n) is 3.88. The minimum absolute atomic E-state index is 0.258. The summed E-state index contributed by atoms with van der Waals surface area (Å²) < 4.78 is 22.7. The summed E-state index contributed by atoms with van der Waals surface area (Å²) in [5.74, 6) is -0.258. The van der Waals surface area contributed by atoms with E-state index in [1.165, 1.54) is 12.1 Å². The number of halogens is 1. The van der Waals surface area contributed by atoms with E-state index >= 15 is 0 Å². The Morgan fingerprint density at radius 1 is 1.18 bits per heavy atom. The molecular formula is C13H19FO3. The molecule has 0 aliphatic heterocycles.